The van der Waals surface area contributed by atoms with Crippen molar-refractivity contribution in [3.63, 3.8) is 0 Å². The fourth-order valence-corrected chi connectivity index (χ4v) is 3.68. The molecule has 0 fully saturated rings. The van der Waals surface area contributed by atoms with Crippen LogP contribution in [0.15, 0.2) is 46.4 Å². The number of benzene rings is 1. The van der Waals surface area contributed by atoms with E-state index in [0.717, 1.165) is 6.54 Å². The van der Waals surface area contributed by atoms with Crippen LogP contribution in [-0.4, -0.2) is 4.57 Å². The van der Waals surface area contributed by atoms with Gasteiger partial charge in [-0.05, 0) is 39.0 Å². The van der Waals surface area contributed by atoms with Gasteiger partial charge in [-0.3, -0.25) is 0 Å². The van der Waals surface area contributed by atoms with Crippen LogP contribution in [0.25, 0.3) is 10.9 Å². The van der Waals surface area contributed by atoms with Crippen molar-refractivity contribution in [2.75, 3.05) is 0 Å². The number of nitrogens with two attached hydrogens (primary N) is 1. The molecule has 18 heavy (non-hydrogen) atoms. The van der Waals surface area contributed by atoms with E-state index in [1.165, 1.54) is 25.8 Å². The number of hydrogen-bond acceptors (Lipinski definition) is 2. The predicted octanol–water partition coefficient (Wildman–Crippen LogP) is 3.97. The largest absolute Gasteiger partial charge is 0.342 e. The molecule has 0 saturated heterocycles. The molecule has 0 amide bonds. The van der Waals surface area contributed by atoms with Crippen molar-refractivity contribution < 1.29 is 0 Å². The van der Waals surface area contributed by atoms with Crippen LogP contribution in [0.4, 0.5) is 0 Å². The Hall–Kier alpha value is -1.10. The van der Waals surface area contributed by atoms with Crippen LogP contribution in [0.3, 0.4) is 0 Å². The molecule has 0 spiro atoms. The van der Waals surface area contributed by atoms with Crippen LogP contribution in [0.5, 0.6) is 0 Å². The summed E-state index contributed by atoms with van der Waals surface area (Å²) < 4.78 is 3.45. The second-order valence-corrected chi connectivity index (χ2v) is 6.05. The first-order valence-electron chi connectivity index (χ1n) is 5.78. The number of hydrogen-bond donors (Lipinski definition) is 1. The lowest BCUT2D eigenvalue weighted by atomic mass is 10.2. The van der Waals surface area contributed by atoms with Crippen molar-refractivity contribution in [2.24, 2.45) is 5.73 Å². The first-order chi connectivity index (χ1) is 8.79. The van der Waals surface area contributed by atoms with Crippen molar-refractivity contribution in [1.82, 2.24) is 4.57 Å². The van der Waals surface area contributed by atoms with Crippen LogP contribution in [-0.2, 0) is 13.1 Å². The first-order valence-corrected chi connectivity index (χ1v) is 7.45. The molecule has 92 valence electrons. The smallest absolute Gasteiger partial charge is 0.0580 e. The van der Waals surface area contributed by atoms with E-state index in [4.69, 9.17) is 5.73 Å². The molecule has 4 heteroatoms. The topological polar surface area (TPSA) is 30.9 Å². The molecule has 3 rings (SSSR count). The number of fused-ring (bicyclic) bond motifs is 1. The third-order valence-corrected chi connectivity index (χ3v) is 5.01. The van der Waals surface area contributed by atoms with Crippen LogP contribution < -0.4 is 5.73 Å². The summed E-state index contributed by atoms with van der Waals surface area (Å²) in [6.45, 7) is 1.47. The Morgan fingerprint density at radius 3 is 2.78 bits per heavy atom. The van der Waals surface area contributed by atoms with Gasteiger partial charge in [-0.25, -0.2) is 0 Å². The van der Waals surface area contributed by atoms with Gasteiger partial charge in [0.05, 0.1) is 6.54 Å². The number of para-hydroxylation sites is 1. The minimum Gasteiger partial charge on any atom is -0.342 e. The summed E-state index contributed by atoms with van der Waals surface area (Å²) in [6, 6.07) is 10.5. The average molecular weight is 321 g/mol. The number of thiophene rings is 1. The molecule has 2 N–H and O–H groups in total. The van der Waals surface area contributed by atoms with E-state index in [2.05, 4.69) is 62.4 Å². The van der Waals surface area contributed by atoms with Gasteiger partial charge in [0, 0.05) is 33.0 Å². The van der Waals surface area contributed by atoms with Gasteiger partial charge in [-0.2, -0.15) is 0 Å². The number of rotatable bonds is 3. The number of aromatic nitrogens is 1. The highest BCUT2D eigenvalue weighted by molar-refractivity contribution is 9.10. The van der Waals surface area contributed by atoms with E-state index >= 15 is 0 Å². The fraction of sp³-hybridized carbons (Fsp3) is 0.143. The number of halogens is 1. The zero-order valence-electron chi connectivity index (χ0n) is 9.77. The molecule has 0 aliphatic heterocycles. The lowest BCUT2D eigenvalue weighted by Crippen LogP contribution is -1.97. The van der Waals surface area contributed by atoms with Gasteiger partial charge in [0.25, 0.3) is 0 Å². The highest BCUT2D eigenvalue weighted by Gasteiger charge is 2.09. The maximum atomic E-state index is 5.81. The first kappa shape index (κ1) is 12.0. The highest BCUT2D eigenvalue weighted by Crippen LogP contribution is 2.27. The van der Waals surface area contributed by atoms with E-state index < -0.39 is 0 Å². The van der Waals surface area contributed by atoms with Gasteiger partial charge < -0.3 is 10.3 Å². The summed E-state index contributed by atoms with van der Waals surface area (Å²) in [7, 11) is 0. The maximum Gasteiger partial charge on any atom is 0.0580 e. The van der Waals surface area contributed by atoms with Crippen molar-refractivity contribution in [2.45, 2.75) is 13.1 Å². The zero-order chi connectivity index (χ0) is 12.5. The van der Waals surface area contributed by atoms with Crippen molar-refractivity contribution in [3.05, 3.63) is 56.8 Å². The molecule has 0 aliphatic carbocycles. The van der Waals surface area contributed by atoms with E-state index in [1.807, 2.05) is 0 Å². The second-order valence-electron chi connectivity index (χ2n) is 4.20. The Labute approximate surface area is 118 Å². The molecular formula is C14H13BrN2S. The summed E-state index contributed by atoms with van der Waals surface area (Å²) in [5.74, 6) is 0. The second kappa shape index (κ2) is 4.88. The third kappa shape index (κ3) is 2.00. The summed E-state index contributed by atoms with van der Waals surface area (Å²) in [5, 5.41) is 3.36. The SMILES string of the molecule is NCc1cn(Cc2sccc2Br)c2ccccc12. The third-order valence-electron chi connectivity index (χ3n) is 3.10. The van der Waals surface area contributed by atoms with Gasteiger partial charge in [0.15, 0.2) is 0 Å². The molecule has 0 saturated carbocycles. The predicted molar refractivity (Wildman–Crippen MR) is 81.0 cm³/mol. The summed E-state index contributed by atoms with van der Waals surface area (Å²) in [4.78, 5) is 1.33. The molecular weight excluding hydrogens is 308 g/mol. The summed E-state index contributed by atoms with van der Waals surface area (Å²) in [6.07, 6.45) is 2.16. The molecule has 0 aliphatic rings. The van der Waals surface area contributed by atoms with Crippen LogP contribution >= 0.6 is 27.3 Å². The summed E-state index contributed by atoms with van der Waals surface area (Å²) >= 11 is 5.35. The van der Waals surface area contributed by atoms with Crippen molar-refractivity contribution in [1.29, 1.82) is 0 Å². The molecule has 0 atom stereocenters. The van der Waals surface area contributed by atoms with Crippen LogP contribution in [0, 0.1) is 0 Å². The van der Waals surface area contributed by atoms with Crippen LogP contribution in [0.2, 0.25) is 0 Å². The minimum atomic E-state index is 0.582. The van der Waals surface area contributed by atoms with E-state index in [0.29, 0.717) is 6.54 Å². The molecule has 0 bridgehead atoms. The fourth-order valence-electron chi connectivity index (χ4n) is 2.21. The van der Waals surface area contributed by atoms with Gasteiger partial charge in [-0.15, -0.1) is 11.3 Å². The molecule has 2 nitrogen and oxygen atoms in total. The molecule has 2 aromatic heterocycles. The van der Waals surface area contributed by atoms with E-state index in [9.17, 15) is 0 Å². The minimum absolute atomic E-state index is 0.582. The van der Waals surface area contributed by atoms with Gasteiger partial charge in [0.2, 0.25) is 0 Å². The summed E-state index contributed by atoms with van der Waals surface area (Å²) in [5.41, 5.74) is 8.27. The van der Waals surface area contributed by atoms with Gasteiger partial charge >= 0.3 is 0 Å². The maximum absolute atomic E-state index is 5.81. The molecule has 0 radical (unpaired) electrons. The van der Waals surface area contributed by atoms with Gasteiger partial charge in [0.1, 0.15) is 0 Å². The molecule has 2 heterocycles. The van der Waals surface area contributed by atoms with E-state index in [1.54, 1.807) is 11.3 Å². The Morgan fingerprint density at radius 1 is 1.22 bits per heavy atom. The monoisotopic (exact) mass is 320 g/mol. The van der Waals surface area contributed by atoms with E-state index in [-0.39, 0.29) is 0 Å². The number of nitrogens with zero attached hydrogens (tertiary/aromatic N) is 1. The Balaban J connectivity index is 2.09. The van der Waals surface area contributed by atoms with Crippen molar-refractivity contribution >= 4 is 38.2 Å². The Bertz CT molecular complexity index is 684. The lowest BCUT2D eigenvalue weighted by Gasteiger charge is -2.03. The zero-order valence-corrected chi connectivity index (χ0v) is 12.2. The molecule has 0 unspecified atom stereocenters. The van der Waals surface area contributed by atoms with Gasteiger partial charge in [-0.1, -0.05) is 18.2 Å². The quantitative estimate of drug-likeness (QED) is 0.777. The molecule has 3 aromatic rings. The average Bonchev–Trinajstić information content (AvgIpc) is 2.95. The Morgan fingerprint density at radius 2 is 2.06 bits per heavy atom. The Kier molecular flexibility index (Phi) is 3.24. The lowest BCUT2D eigenvalue weighted by molar-refractivity contribution is 0.840. The van der Waals surface area contributed by atoms with Crippen LogP contribution in [0.1, 0.15) is 10.4 Å². The highest BCUT2D eigenvalue weighted by atomic mass is 79.9. The standard InChI is InChI=1S/C14H13BrN2S/c15-12-5-6-18-14(12)9-17-8-10(7-16)11-3-1-2-4-13(11)17/h1-6,8H,7,9,16H2. The normalized spacial score (nSPS) is 11.2. The van der Waals surface area contributed by atoms with Crippen molar-refractivity contribution in [3.8, 4) is 0 Å². The molecule has 1 aromatic carbocycles.